The highest BCUT2D eigenvalue weighted by molar-refractivity contribution is 7.14. The van der Waals surface area contributed by atoms with Crippen molar-refractivity contribution in [3.63, 3.8) is 0 Å². The number of hydrogen-bond donors (Lipinski definition) is 2. The van der Waals surface area contributed by atoms with E-state index in [1.165, 1.54) is 0 Å². The molecule has 0 amide bonds. The molecule has 37 heavy (non-hydrogen) atoms. The molecule has 0 spiro atoms. The first-order chi connectivity index (χ1) is 17.5. The standard InChI is InChI=1S/C22H19ClN6S.C2HF3O2/c1-13(2)29-9-8-24-21(29)15-4-3-5-16(10-15)22-28-27-19(30-22)11-14-6-7-18-17(20(14)23)12-25-26-18;3-2(4,5)1(6)7/h3-10,12-13H,11H2,1-2H3,(H,25,26);(H,6,7). The fraction of sp³-hybridized carbons (Fsp3) is 0.208. The average Bonchev–Trinajstić information content (AvgIpc) is 3.62. The second kappa shape index (κ2) is 10.7. The maximum absolute atomic E-state index is 10.6. The molecule has 0 atom stereocenters. The quantitative estimate of drug-likeness (QED) is 0.263. The summed E-state index contributed by atoms with van der Waals surface area (Å²) in [5.41, 5.74) is 4.04. The lowest BCUT2D eigenvalue weighted by molar-refractivity contribution is -0.192. The molecule has 0 aliphatic heterocycles. The lowest BCUT2D eigenvalue weighted by Gasteiger charge is -2.11. The van der Waals surface area contributed by atoms with Crippen molar-refractivity contribution in [3.8, 4) is 22.0 Å². The molecule has 13 heteroatoms. The Kier molecular flexibility index (Phi) is 7.60. The van der Waals surface area contributed by atoms with E-state index in [9.17, 15) is 13.2 Å². The summed E-state index contributed by atoms with van der Waals surface area (Å²) in [5, 5.41) is 26.4. The zero-order chi connectivity index (χ0) is 26.7. The maximum atomic E-state index is 10.6. The van der Waals surface area contributed by atoms with E-state index in [-0.39, 0.29) is 0 Å². The summed E-state index contributed by atoms with van der Waals surface area (Å²) in [5.74, 6) is -1.80. The van der Waals surface area contributed by atoms with Crippen LogP contribution in [0.4, 0.5) is 13.2 Å². The largest absolute Gasteiger partial charge is 0.490 e. The first-order valence-electron chi connectivity index (χ1n) is 10.9. The van der Waals surface area contributed by atoms with Gasteiger partial charge in [0.15, 0.2) is 0 Å². The third kappa shape index (κ3) is 5.97. The van der Waals surface area contributed by atoms with Crippen LogP contribution in [0.2, 0.25) is 5.02 Å². The van der Waals surface area contributed by atoms with Gasteiger partial charge in [-0.2, -0.15) is 18.3 Å². The first-order valence-corrected chi connectivity index (χ1v) is 12.1. The van der Waals surface area contributed by atoms with Gasteiger partial charge in [-0.1, -0.05) is 47.2 Å². The van der Waals surface area contributed by atoms with Gasteiger partial charge in [0.05, 0.1) is 16.7 Å². The number of halogens is 4. The monoisotopic (exact) mass is 548 g/mol. The van der Waals surface area contributed by atoms with E-state index in [1.807, 2.05) is 30.6 Å². The van der Waals surface area contributed by atoms with E-state index in [1.54, 1.807) is 17.5 Å². The Labute approximate surface area is 217 Å². The van der Waals surface area contributed by atoms with Crippen LogP contribution in [0.1, 0.15) is 30.5 Å². The van der Waals surface area contributed by atoms with Crippen molar-refractivity contribution in [2.24, 2.45) is 0 Å². The molecule has 0 radical (unpaired) electrons. The summed E-state index contributed by atoms with van der Waals surface area (Å²) >= 11 is 8.14. The number of carboxylic acids is 1. The molecule has 192 valence electrons. The highest BCUT2D eigenvalue weighted by Crippen LogP contribution is 2.32. The van der Waals surface area contributed by atoms with Crippen LogP contribution in [-0.2, 0) is 11.2 Å². The van der Waals surface area contributed by atoms with Gasteiger partial charge in [0, 0.05) is 41.4 Å². The number of nitrogens with one attached hydrogen (secondary N) is 1. The number of hydrogen-bond acceptors (Lipinski definition) is 6. The summed E-state index contributed by atoms with van der Waals surface area (Å²) in [4.78, 5) is 13.4. The van der Waals surface area contributed by atoms with Gasteiger partial charge in [0.2, 0.25) is 0 Å². The van der Waals surface area contributed by atoms with Gasteiger partial charge in [0.1, 0.15) is 15.8 Å². The fourth-order valence-electron chi connectivity index (χ4n) is 3.51. The molecular weight excluding hydrogens is 529 g/mol. The van der Waals surface area contributed by atoms with Gasteiger partial charge in [-0.25, -0.2) is 9.78 Å². The van der Waals surface area contributed by atoms with Crippen LogP contribution >= 0.6 is 22.9 Å². The summed E-state index contributed by atoms with van der Waals surface area (Å²) in [6.45, 7) is 4.30. The number of alkyl halides is 3. The molecular formula is C24H20ClF3N6O2S. The van der Waals surface area contributed by atoms with Gasteiger partial charge in [-0.3, -0.25) is 5.10 Å². The zero-order valence-corrected chi connectivity index (χ0v) is 21.1. The number of carbonyl (C=O) groups is 1. The predicted molar refractivity (Wildman–Crippen MR) is 135 cm³/mol. The van der Waals surface area contributed by atoms with Crippen molar-refractivity contribution < 1.29 is 23.1 Å². The molecule has 0 fully saturated rings. The third-order valence-corrected chi connectivity index (χ3v) is 6.70. The van der Waals surface area contributed by atoms with E-state index in [4.69, 9.17) is 21.5 Å². The van der Waals surface area contributed by atoms with Crippen molar-refractivity contribution in [3.05, 3.63) is 70.6 Å². The lowest BCUT2D eigenvalue weighted by atomic mass is 10.1. The highest BCUT2D eigenvalue weighted by Gasteiger charge is 2.38. The molecule has 0 unspecified atom stereocenters. The Hall–Kier alpha value is -3.77. The number of imidazole rings is 1. The number of aromatic nitrogens is 6. The smallest absolute Gasteiger partial charge is 0.475 e. The second-order valence-electron chi connectivity index (χ2n) is 8.18. The van der Waals surface area contributed by atoms with Crippen molar-refractivity contribution in [1.29, 1.82) is 0 Å². The predicted octanol–water partition coefficient (Wildman–Crippen LogP) is 6.40. The number of rotatable bonds is 5. The lowest BCUT2D eigenvalue weighted by Crippen LogP contribution is -2.21. The van der Waals surface area contributed by atoms with Crippen LogP contribution in [0.25, 0.3) is 32.9 Å². The Balaban J connectivity index is 0.000000405. The minimum Gasteiger partial charge on any atom is -0.475 e. The Morgan fingerprint density at radius 3 is 2.62 bits per heavy atom. The minimum atomic E-state index is -5.08. The summed E-state index contributed by atoms with van der Waals surface area (Å²) in [6, 6.07) is 12.6. The highest BCUT2D eigenvalue weighted by atomic mass is 35.5. The van der Waals surface area contributed by atoms with Crippen LogP contribution in [0.15, 0.2) is 55.0 Å². The van der Waals surface area contributed by atoms with E-state index in [0.717, 1.165) is 43.4 Å². The van der Waals surface area contributed by atoms with Crippen molar-refractivity contribution in [2.45, 2.75) is 32.5 Å². The fourth-order valence-corrected chi connectivity index (χ4v) is 4.65. The molecule has 2 aromatic carbocycles. The average molecular weight is 549 g/mol. The molecule has 8 nitrogen and oxygen atoms in total. The molecule has 3 aromatic heterocycles. The number of H-pyrrole nitrogens is 1. The van der Waals surface area contributed by atoms with E-state index in [2.05, 4.69) is 62.0 Å². The topological polar surface area (TPSA) is 110 Å². The van der Waals surface area contributed by atoms with E-state index < -0.39 is 12.1 Å². The molecule has 3 heterocycles. The number of aliphatic carboxylic acids is 1. The number of aromatic amines is 1. The van der Waals surface area contributed by atoms with Crippen LogP contribution in [0.3, 0.4) is 0 Å². The van der Waals surface area contributed by atoms with Crippen LogP contribution in [-0.4, -0.2) is 47.2 Å². The molecule has 0 aliphatic carbocycles. The Morgan fingerprint density at radius 2 is 1.92 bits per heavy atom. The van der Waals surface area contributed by atoms with Crippen molar-refractivity contribution in [2.75, 3.05) is 0 Å². The molecule has 5 rings (SSSR count). The normalized spacial score (nSPS) is 11.5. The van der Waals surface area contributed by atoms with Crippen molar-refractivity contribution >= 4 is 39.8 Å². The third-order valence-electron chi connectivity index (χ3n) is 5.28. The van der Waals surface area contributed by atoms with Crippen LogP contribution < -0.4 is 0 Å². The first kappa shape index (κ1) is 26.3. The Bertz CT molecular complexity index is 1540. The molecule has 5 aromatic rings. The summed E-state index contributed by atoms with van der Waals surface area (Å²) < 4.78 is 33.9. The van der Waals surface area contributed by atoms with Gasteiger partial charge >= 0.3 is 12.1 Å². The molecule has 0 aliphatic rings. The number of benzene rings is 2. The zero-order valence-electron chi connectivity index (χ0n) is 19.5. The SMILES string of the molecule is CC(C)n1ccnc1-c1cccc(-c2nnc(Cc3ccc4[nH]ncc4c3Cl)s2)c1.O=C(O)C(F)(F)F. The van der Waals surface area contributed by atoms with Gasteiger partial charge in [0.25, 0.3) is 0 Å². The molecule has 0 bridgehead atoms. The van der Waals surface area contributed by atoms with E-state index in [0.29, 0.717) is 17.5 Å². The van der Waals surface area contributed by atoms with Crippen LogP contribution in [0.5, 0.6) is 0 Å². The summed E-state index contributed by atoms with van der Waals surface area (Å²) in [6.07, 6.45) is 1.15. The molecule has 2 N–H and O–H groups in total. The van der Waals surface area contributed by atoms with Gasteiger partial charge < -0.3 is 9.67 Å². The maximum Gasteiger partial charge on any atom is 0.490 e. The number of nitrogens with zero attached hydrogens (tertiary/aromatic N) is 5. The summed E-state index contributed by atoms with van der Waals surface area (Å²) in [7, 11) is 0. The van der Waals surface area contributed by atoms with Gasteiger partial charge in [-0.15, -0.1) is 10.2 Å². The number of fused-ring (bicyclic) bond motifs is 1. The molecule has 0 saturated heterocycles. The van der Waals surface area contributed by atoms with Crippen molar-refractivity contribution in [1.82, 2.24) is 29.9 Å². The second-order valence-corrected chi connectivity index (χ2v) is 9.62. The Morgan fingerprint density at radius 1 is 1.19 bits per heavy atom. The number of carboxylic acid groups (broad SMARTS) is 1. The minimum absolute atomic E-state index is 0.344. The van der Waals surface area contributed by atoms with E-state index >= 15 is 0 Å². The van der Waals surface area contributed by atoms with Gasteiger partial charge in [-0.05, 0) is 31.5 Å². The molecule has 0 saturated carbocycles. The van der Waals surface area contributed by atoms with Crippen LogP contribution in [0, 0.1) is 0 Å².